The van der Waals surface area contributed by atoms with Crippen LogP contribution in [0.2, 0.25) is 0 Å². The third-order valence-corrected chi connectivity index (χ3v) is 7.95. The Morgan fingerprint density at radius 2 is 1.15 bits per heavy atom. The van der Waals surface area contributed by atoms with Crippen molar-refractivity contribution in [1.29, 1.82) is 0 Å². The summed E-state index contributed by atoms with van der Waals surface area (Å²) in [6.07, 6.45) is 28.2. The van der Waals surface area contributed by atoms with Crippen molar-refractivity contribution in [3.63, 3.8) is 0 Å². The number of esters is 1. The largest absolute Gasteiger partial charge is 0.455 e. The third-order valence-electron chi connectivity index (χ3n) is 7.95. The number of cyclic esters (lactones) is 1. The number of ether oxygens (including phenoxy) is 1. The monoisotopic (exact) mass is 578 g/mol. The molecule has 5 unspecified atom stereocenters. The Bertz CT molecular complexity index is 730. The van der Waals surface area contributed by atoms with E-state index in [1.165, 1.54) is 51.4 Å². The van der Waals surface area contributed by atoms with Gasteiger partial charge in [-0.05, 0) is 77.2 Å². The van der Waals surface area contributed by atoms with E-state index in [2.05, 4.69) is 25.2 Å². The van der Waals surface area contributed by atoms with Crippen molar-refractivity contribution in [3.8, 4) is 0 Å². The summed E-state index contributed by atoms with van der Waals surface area (Å²) in [5, 5.41) is 40.8. The molecule has 4 N–H and O–H groups in total. The Labute approximate surface area is 251 Å². The van der Waals surface area contributed by atoms with Crippen LogP contribution in [0.25, 0.3) is 0 Å². The van der Waals surface area contributed by atoms with Crippen LogP contribution in [-0.4, -0.2) is 56.9 Å². The summed E-state index contributed by atoms with van der Waals surface area (Å²) in [6, 6.07) is 0. The van der Waals surface area contributed by atoms with Crippen molar-refractivity contribution in [2.75, 3.05) is 0 Å². The fraction of sp³-hybridized carbons (Fsp3) is 0.800. The second kappa shape index (κ2) is 25.1. The minimum Gasteiger partial charge on any atom is -0.455 e. The van der Waals surface area contributed by atoms with Gasteiger partial charge < -0.3 is 25.2 Å². The molecule has 0 aromatic heterocycles. The SMILES string of the molecule is CCCCCCCCCCC=CCCC(O)C(O)CCC=CCCC(O)CCCCCC(O)CC1=CC(C)OC1=O. The molecule has 1 heterocycles. The average molecular weight is 579 g/mol. The fourth-order valence-corrected chi connectivity index (χ4v) is 5.29. The Hall–Kier alpha value is -1.47. The smallest absolute Gasteiger partial charge is 0.334 e. The zero-order valence-corrected chi connectivity index (χ0v) is 26.2. The van der Waals surface area contributed by atoms with Gasteiger partial charge in [0.2, 0.25) is 0 Å². The summed E-state index contributed by atoms with van der Waals surface area (Å²) in [5.41, 5.74) is 0.575. The van der Waals surface area contributed by atoms with Crippen molar-refractivity contribution in [3.05, 3.63) is 36.0 Å². The van der Waals surface area contributed by atoms with Crippen molar-refractivity contribution in [1.82, 2.24) is 0 Å². The topological polar surface area (TPSA) is 107 Å². The quantitative estimate of drug-likeness (QED) is 0.0454. The third kappa shape index (κ3) is 21.0. The lowest BCUT2D eigenvalue weighted by molar-refractivity contribution is -0.139. The van der Waals surface area contributed by atoms with Gasteiger partial charge in [0.1, 0.15) is 6.10 Å². The molecule has 0 aliphatic carbocycles. The number of rotatable bonds is 27. The van der Waals surface area contributed by atoms with E-state index in [-0.39, 0.29) is 18.2 Å². The molecule has 1 rings (SSSR count). The van der Waals surface area contributed by atoms with E-state index in [1.54, 1.807) is 6.08 Å². The van der Waals surface area contributed by atoms with E-state index in [9.17, 15) is 25.2 Å². The molecular weight excluding hydrogens is 516 g/mol. The van der Waals surface area contributed by atoms with Gasteiger partial charge in [-0.3, -0.25) is 0 Å². The predicted molar refractivity (Wildman–Crippen MR) is 169 cm³/mol. The molecule has 0 bridgehead atoms. The van der Waals surface area contributed by atoms with Crippen molar-refractivity contribution >= 4 is 5.97 Å². The van der Waals surface area contributed by atoms with Gasteiger partial charge in [0.05, 0.1) is 24.4 Å². The number of allylic oxidation sites excluding steroid dienone is 4. The van der Waals surface area contributed by atoms with Crippen LogP contribution >= 0.6 is 0 Å². The Balaban J connectivity index is 1.94. The molecule has 0 aromatic carbocycles. The van der Waals surface area contributed by atoms with Crippen molar-refractivity contribution in [2.45, 2.75) is 179 Å². The van der Waals surface area contributed by atoms with Crippen molar-refractivity contribution < 1.29 is 30.0 Å². The van der Waals surface area contributed by atoms with E-state index in [0.29, 0.717) is 37.7 Å². The molecular formula is C35H62O6. The van der Waals surface area contributed by atoms with Gasteiger partial charge in [0.25, 0.3) is 0 Å². The molecule has 0 aromatic rings. The van der Waals surface area contributed by atoms with Gasteiger partial charge in [0.15, 0.2) is 0 Å². The van der Waals surface area contributed by atoms with Gasteiger partial charge >= 0.3 is 5.97 Å². The van der Waals surface area contributed by atoms with E-state index in [1.807, 2.05) is 13.0 Å². The van der Waals surface area contributed by atoms with Gasteiger partial charge in [-0.2, -0.15) is 0 Å². The van der Waals surface area contributed by atoms with E-state index in [4.69, 9.17) is 4.74 Å². The van der Waals surface area contributed by atoms with Gasteiger partial charge in [-0.15, -0.1) is 0 Å². The standard InChI is InChI=1S/C35H62O6/c1-3-4-5-6-7-8-9-10-11-12-13-20-25-33(38)34(39)26-21-15-14-17-22-31(36)23-18-16-19-24-32(37)28-30-27-29(2)41-35(30)40/h12-15,27,29,31-34,36-39H,3-11,16-26,28H2,1-2H3. The molecule has 0 amide bonds. The van der Waals surface area contributed by atoms with Crippen molar-refractivity contribution in [2.24, 2.45) is 0 Å². The summed E-state index contributed by atoms with van der Waals surface area (Å²) >= 11 is 0. The lowest BCUT2D eigenvalue weighted by Crippen LogP contribution is -2.25. The molecule has 0 fully saturated rings. The first kappa shape index (κ1) is 37.6. The zero-order chi connectivity index (χ0) is 30.1. The summed E-state index contributed by atoms with van der Waals surface area (Å²) in [6.45, 7) is 4.07. The molecule has 5 atom stereocenters. The Morgan fingerprint density at radius 3 is 1.71 bits per heavy atom. The first-order chi connectivity index (χ1) is 19.8. The molecule has 0 saturated carbocycles. The number of hydrogen-bond acceptors (Lipinski definition) is 6. The molecule has 6 nitrogen and oxygen atoms in total. The van der Waals surface area contributed by atoms with Crippen LogP contribution in [0.15, 0.2) is 36.0 Å². The minimum atomic E-state index is -0.697. The predicted octanol–water partition coefficient (Wildman–Crippen LogP) is 7.63. The number of carbonyl (C=O) groups is 1. The molecule has 0 spiro atoms. The number of unbranched alkanes of at least 4 members (excludes halogenated alkanes) is 10. The van der Waals surface area contributed by atoms with Crippen LogP contribution < -0.4 is 0 Å². The summed E-state index contributed by atoms with van der Waals surface area (Å²) in [4.78, 5) is 11.6. The first-order valence-corrected chi connectivity index (χ1v) is 16.8. The number of hydrogen-bond donors (Lipinski definition) is 4. The van der Waals surface area contributed by atoms with E-state index < -0.39 is 18.3 Å². The minimum absolute atomic E-state index is 0.197. The molecule has 0 radical (unpaired) electrons. The highest BCUT2D eigenvalue weighted by atomic mass is 16.5. The maximum absolute atomic E-state index is 11.6. The van der Waals surface area contributed by atoms with Crippen LogP contribution in [0.3, 0.4) is 0 Å². The molecule has 6 heteroatoms. The van der Waals surface area contributed by atoms with Crippen LogP contribution in [0.5, 0.6) is 0 Å². The van der Waals surface area contributed by atoms with E-state index in [0.717, 1.165) is 51.4 Å². The molecule has 1 aliphatic rings. The number of carbonyl (C=O) groups excluding carboxylic acids is 1. The van der Waals surface area contributed by atoms with E-state index >= 15 is 0 Å². The normalized spacial score (nSPS) is 18.6. The van der Waals surface area contributed by atoms with Gasteiger partial charge in [-0.25, -0.2) is 4.79 Å². The second-order valence-electron chi connectivity index (χ2n) is 12.0. The van der Waals surface area contributed by atoms with Gasteiger partial charge in [-0.1, -0.05) is 95.4 Å². The van der Waals surface area contributed by atoms with Crippen LogP contribution in [0.4, 0.5) is 0 Å². The van der Waals surface area contributed by atoms with Crippen LogP contribution in [0, 0.1) is 0 Å². The summed E-state index contributed by atoms with van der Waals surface area (Å²) < 4.78 is 5.06. The Morgan fingerprint density at radius 1 is 0.659 bits per heavy atom. The number of aliphatic hydroxyl groups is 4. The Kier molecular flexibility index (Phi) is 23.0. The molecule has 41 heavy (non-hydrogen) atoms. The fourth-order valence-electron chi connectivity index (χ4n) is 5.29. The van der Waals surface area contributed by atoms with Crippen LogP contribution in [0.1, 0.15) is 149 Å². The lowest BCUT2D eigenvalue weighted by Gasteiger charge is -2.16. The molecule has 238 valence electrons. The highest BCUT2D eigenvalue weighted by molar-refractivity contribution is 5.90. The molecule has 0 saturated heterocycles. The zero-order valence-electron chi connectivity index (χ0n) is 26.2. The van der Waals surface area contributed by atoms with Crippen LogP contribution in [-0.2, 0) is 9.53 Å². The maximum atomic E-state index is 11.6. The highest BCUT2D eigenvalue weighted by Crippen LogP contribution is 2.21. The summed E-state index contributed by atoms with van der Waals surface area (Å²) in [5.74, 6) is -0.315. The highest BCUT2D eigenvalue weighted by Gasteiger charge is 2.24. The maximum Gasteiger partial charge on any atom is 0.334 e. The molecule has 1 aliphatic heterocycles. The number of aliphatic hydroxyl groups excluding tert-OH is 4. The average Bonchev–Trinajstić information content (AvgIpc) is 3.26. The van der Waals surface area contributed by atoms with Gasteiger partial charge in [0, 0.05) is 12.0 Å². The lowest BCUT2D eigenvalue weighted by atomic mass is 10.0. The second-order valence-corrected chi connectivity index (χ2v) is 12.0. The summed E-state index contributed by atoms with van der Waals surface area (Å²) in [7, 11) is 0. The first-order valence-electron chi connectivity index (χ1n) is 16.8.